The van der Waals surface area contributed by atoms with Crippen molar-refractivity contribution in [2.75, 3.05) is 31.6 Å². The molecule has 0 radical (unpaired) electrons. The average molecular weight is 485 g/mol. The zero-order chi connectivity index (χ0) is 18.8. The van der Waals surface area contributed by atoms with Gasteiger partial charge in [-0.1, -0.05) is 18.2 Å². The van der Waals surface area contributed by atoms with Crippen LogP contribution in [0.1, 0.15) is 25.0 Å². The molecule has 0 spiro atoms. The Morgan fingerprint density at radius 3 is 2.48 bits per heavy atom. The Hall–Kier alpha value is -1.90. The van der Waals surface area contributed by atoms with E-state index in [0.29, 0.717) is 19.0 Å². The third-order valence-corrected chi connectivity index (χ3v) is 4.18. The molecule has 0 aliphatic carbocycles. The number of aliphatic imine (C=N–C) groups is 1. The molecule has 5 nitrogen and oxygen atoms in total. The molecule has 0 saturated heterocycles. The minimum atomic E-state index is -0.203. The van der Waals surface area contributed by atoms with Crippen LogP contribution in [0.15, 0.2) is 47.6 Å². The van der Waals surface area contributed by atoms with E-state index in [1.165, 1.54) is 6.07 Å². The summed E-state index contributed by atoms with van der Waals surface area (Å²) in [6.07, 6.45) is 2.62. The minimum absolute atomic E-state index is 0. The summed E-state index contributed by atoms with van der Waals surface area (Å²) in [4.78, 5) is 11.0. The summed E-state index contributed by atoms with van der Waals surface area (Å²) in [5, 5.41) is 6.51. The van der Waals surface area contributed by atoms with Crippen molar-refractivity contribution in [2.24, 2.45) is 4.99 Å². The molecule has 0 amide bonds. The maximum atomic E-state index is 13.2. The van der Waals surface area contributed by atoms with Crippen LogP contribution < -0.4 is 15.5 Å². The van der Waals surface area contributed by atoms with Crippen molar-refractivity contribution in [1.29, 1.82) is 0 Å². The number of anilines is 1. The summed E-state index contributed by atoms with van der Waals surface area (Å²) in [5.41, 5.74) is 2.05. The van der Waals surface area contributed by atoms with E-state index in [0.717, 1.165) is 36.5 Å². The summed E-state index contributed by atoms with van der Waals surface area (Å²) in [7, 11) is 1.74. The SMILES string of the molecule is CCN(CC)c1ccc(CNC(=NC)NCCc2cccc(F)c2)cn1.I. The van der Waals surface area contributed by atoms with Crippen molar-refractivity contribution in [2.45, 2.75) is 26.8 Å². The number of benzene rings is 1. The number of pyridine rings is 1. The zero-order valence-electron chi connectivity index (χ0n) is 16.2. The number of aromatic nitrogens is 1. The molecule has 0 unspecified atom stereocenters. The summed E-state index contributed by atoms with van der Waals surface area (Å²) in [6.45, 7) is 7.47. The van der Waals surface area contributed by atoms with Gasteiger partial charge >= 0.3 is 0 Å². The fraction of sp³-hybridized carbons (Fsp3) is 0.400. The Bertz CT molecular complexity index is 702. The molecule has 2 aromatic rings. The van der Waals surface area contributed by atoms with E-state index in [1.54, 1.807) is 19.2 Å². The lowest BCUT2D eigenvalue weighted by molar-refractivity contribution is 0.625. The van der Waals surface area contributed by atoms with Crippen LogP contribution in [0.25, 0.3) is 0 Å². The van der Waals surface area contributed by atoms with Crippen LogP contribution in [0.5, 0.6) is 0 Å². The number of guanidine groups is 1. The maximum Gasteiger partial charge on any atom is 0.191 e. The summed E-state index contributed by atoms with van der Waals surface area (Å²) >= 11 is 0. The second-order valence-corrected chi connectivity index (χ2v) is 5.93. The highest BCUT2D eigenvalue weighted by atomic mass is 127. The molecule has 0 atom stereocenters. The van der Waals surface area contributed by atoms with E-state index >= 15 is 0 Å². The Balaban J connectivity index is 0.00000364. The topological polar surface area (TPSA) is 52.5 Å². The van der Waals surface area contributed by atoms with Gasteiger partial charge in [0.2, 0.25) is 0 Å². The van der Waals surface area contributed by atoms with Gasteiger partial charge in [-0.25, -0.2) is 9.37 Å². The van der Waals surface area contributed by atoms with Crippen molar-refractivity contribution in [1.82, 2.24) is 15.6 Å². The number of rotatable bonds is 8. The lowest BCUT2D eigenvalue weighted by Crippen LogP contribution is -2.37. The minimum Gasteiger partial charge on any atom is -0.357 e. The standard InChI is InChI=1S/C20H28FN5.HI/c1-4-26(5-2)19-10-9-17(14-24-19)15-25-20(22-3)23-12-11-16-7-6-8-18(21)13-16;/h6-10,13-14H,4-5,11-12,15H2,1-3H3,(H2,22,23,25);1H. The zero-order valence-corrected chi connectivity index (χ0v) is 18.5. The Morgan fingerprint density at radius 2 is 1.89 bits per heavy atom. The second kappa shape index (κ2) is 12.5. The smallest absolute Gasteiger partial charge is 0.191 e. The first-order valence-corrected chi connectivity index (χ1v) is 9.05. The van der Waals surface area contributed by atoms with Gasteiger partial charge in [0.15, 0.2) is 5.96 Å². The van der Waals surface area contributed by atoms with Crippen molar-refractivity contribution < 1.29 is 4.39 Å². The van der Waals surface area contributed by atoms with Crippen LogP contribution in [0.4, 0.5) is 10.2 Å². The molecule has 148 valence electrons. The van der Waals surface area contributed by atoms with Crippen LogP contribution in [-0.4, -0.2) is 37.6 Å². The molecule has 7 heteroatoms. The Labute approximate surface area is 178 Å². The predicted octanol–water partition coefficient (Wildman–Crippen LogP) is 3.59. The van der Waals surface area contributed by atoms with Crippen molar-refractivity contribution in [3.8, 4) is 0 Å². The maximum absolute atomic E-state index is 13.2. The van der Waals surface area contributed by atoms with Gasteiger partial charge in [-0.05, 0) is 49.6 Å². The number of nitrogens with one attached hydrogen (secondary N) is 2. The first-order valence-electron chi connectivity index (χ1n) is 9.05. The quantitative estimate of drug-likeness (QED) is 0.341. The van der Waals surface area contributed by atoms with Crippen LogP contribution in [0.3, 0.4) is 0 Å². The number of halogens is 2. The van der Waals surface area contributed by atoms with Crippen molar-refractivity contribution in [3.05, 3.63) is 59.5 Å². The van der Waals surface area contributed by atoms with Crippen LogP contribution >= 0.6 is 24.0 Å². The predicted molar refractivity (Wildman–Crippen MR) is 122 cm³/mol. The third kappa shape index (κ3) is 7.70. The van der Waals surface area contributed by atoms with E-state index in [1.807, 2.05) is 18.3 Å². The van der Waals surface area contributed by atoms with Gasteiger partial charge in [0.1, 0.15) is 11.6 Å². The molecule has 0 aliphatic heterocycles. The van der Waals surface area contributed by atoms with E-state index in [4.69, 9.17) is 0 Å². The molecule has 0 saturated carbocycles. The summed E-state index contributed by atoms with van der Waals surface area (Å²) < 4.78 is 13.2. The molecular weight excluding hydrogens is 456 g/mol. The molecule has 2 rings (SSSR count). The Kier molecular flexibility index (Phi) is 10.7. The number of nitrogens with zero attached hydrogens (tertiary/aromatic N) is 3. The van der Waals surface area contributed by atoms with Gasteiger partial charge in [0, 0.05) is 39.4 Å². The normalized spacial score (nSPS) is 10.9. The Morgan fingerprint density at radius 1 is 1.11 bits per heavy atom. The van der Waals surface area contributed by atoms with E-state index in [2.05, 4.69) is 45.4 Å². The van der Waals surface area contributed by atoms with Crippen LogP contribution in [-0.2, 0) is 13.0 Å². The number of hydrogen-bond acceptors (Lipinski definition) is 3. The monoisotopic (exact) mass is 485 g/mol. The highest BCUT2D eigenvalue weighted by Crippen LogP contribution is 2.10. The van der Waals surface area contributed by atoms with Crippen molar-refractivity contribution >= 4 is 35.8 Å². The van der Waals surface area contributed by atoms with Gasteiger partial charge in [0.25, 0.3) is 0 Å². The third-order valence-electron chi connectivity index (χ3n) is 4.18. The summed E-state index contributed by atoms with van der Waals surface area (Å²) in [5.74, 6) is 1.51. The molecular formula is C20H29FIN5. The van der Waals surface area contributed by atoms with Gasteiger partial charge in [-0.15, -0.1) is 24.0 Å². The molecule has 0 aliphatic rings. The second-order valence-electron chi connectivity index (χ2n) is 5.93. The van der Waals surface area contributed by atoms with Crippen molar-refractivity contribution in [3.63, 3.8) is 0 Å². The lowest BCUT2D eigenvalue weighted by Gasteiger charge is -2.19. The van der Waals surface area contributed by atoms with Crippen LogP contribution in [0.2, 0.25) is 0 Å². The van der Waals surface area contributed by atoms with E-state index < -0.39 is 0 Å². The highest BCUT2D eigenvalue weighted by Gasteiger charge is 2.04. The van der Waals surface area contributed by atoms with Crippen LogP contribution in [0, 0.1) is 5.82 Å². The molecule has 1 heterocycles. The van der Waals surface area contributed by atoms with E-state index in [9.17, 15) is 4.39 Å². The average Bonchev–Trinajstić information content (AvgIpc) is 2.66. The lowest BCUT2D eigenvalue weighted by atomic mass is 10.1. The molecule has 0 bridgehead atoms. The van der Waals surface area contributed by atoms with Gasteiger partial charge in [-0.3, -0.25) is 4.99 Å². The molecule has 1 aromatic carbocycles. The first-order chi connectivity index (χ1) is 12.7. The fourth-order valence-corrected chi connectivity index (χ4v) is 2.68. The fourth-order valence-electron chi connectivity index (χ4n) is 2.68. The molecule has 0 fully saturated rings. The molecule has 1 aromatic heterocycles. The highest BCUT2D eigenvalue weighted by molar-refractivity contribution is 14.0. The van der Waals surface area contributed by atoms with Gasteiger partial charge < -0.3 is 15.5 Å². The summed E-state index contributed by atoms with van der Waals surface area (Å²) in [6, 6.07) is 10.8. The molecule has 2 N–H and O–H groups in total. The van der Waals surface area contributed by atoms with Gasteiger partial charge in [-0.2, -0.15) is 0 Å². The first kappa shape index (κ1) is 23.1. The molecule has 27 heavy (non-hydrogen) atoms. The van der Waals surface area contributed by atoms with E-state index in [-0.39, 0.29) is 29.8 Å². The largest absolute Gasteiger partial charge is 0.357 e. The van der Waals surface area contributed by atoms with Gasteiger partial charge in [0.05, 0.1) is 0 Å². The number of hydrogen-bond donors (Lipinski definition) is 2.